The molecule has 1 fully saturated rings. The molecule has 21 heavy (non-hydrogen) atoms. The van der Waals surface area contributed by atoms with Crippen LogP contribution in [0.5, 0.6) is 0 Å². The fraction of sp³-hybridized carbons (Fsp3) is 0.583. The smallest absolute Gasteiger partial charge is 0.242 e. The molecule has 2 aromatic heterocycles. The van der Waals surface area contributed by atoms with Crippen LogP contribution in [0.4, 0.5) is 10.9 Å². The molecule has 0 aromatic carbocycles. The zero-order valence-corrected chi connectivity index (χ0v) is 12.9. The molecule has 2 aromatic rings. The van der Waals surface area contributed by atoms with Gasteiger partial charge in [0.15, 0.2) is 5.82 Å². The van der Waals surface area contributed by atoms with Gasteiger partial charge in [-0.15, -0.1) is 5.10 Å². The predicted molar refractivity (Wildman–Crippen MR) is 82.2 cm³/mol. The molecule has 8 nitrogen and oxygen atoms in total. The van der Waals surface area contributed by atoms with Crippen LogP contribution < -0.4 is 16.0 Å². The fourth-order valence-corrected chi connectivity index (χ4v) is 3.08. The SMILES string of the molecule is CNc1nc([C@H](C)N)n(-c2ncc(N3CCOCC3)s2)n1. The third kappa shape index (κ3) is 2.85. The van der Waals surface area contributed by atoms with Gasteiger partial charge < -0.3 is 20.7 Å². The number of nitrogens with zero attached hydrogens (tertiary/aromatic N) is 5. The topological polar surface area (TPSA) is 94.1 Å². The van der Waals surface area contributed by atoms with E-state index in [0.717, 1.165) is 36.4 Å². The lowest BCUT2D eigenvalue weighted by Crippen LogP contribution is -2.35. The van der Waals surface area contributed by atoms with E-state index in [4.69, 9.17) is 10.5 Å². The first-order valence-electron chi connectivity index (χ1n) is 6.88. The van der Waals surface area contributed by atoms with Crippen LogP contribution in [-0.2, 0) is 4.74 Å². The van der Waals surface area contributed by atoms with Gasteiger partial charge in [-0.2, -0.15) is 9.67 Å². The Morgan fingerprint density at radius 2 is 2.19 bits per heavy atom. The number of rotatable bonds is 4. The van der Waals surface area contributed by atoms with E-state index >= 15 is 0 Å². The van der Waals surface area contributed by atoms with Crippen LogP contribution in [0.2, 0.25) is 0 Å². The summed E-state index contributed by atoms with van der Waals surface area (Å²) in [5.74, 6) is 1.24. The summed E-state index contributed by atoms with van der Waals surface area (Å²) >= 11 is 1.58. The Bertz CT molecular complexity index is 603. The molecule has 114 valence electrons. The van der Waals surface area contributed by atoms with Gasteiger partial charge in [0.25, 0.3) is 0 Å². The molecular formula is C12H19N7OS. The third-order valence-corrected chi connectivity index (χ3v) is 4.28. The lowest BCUT2D eigenvalue weighted by molar-refractivity contribution is 0.123. The summed E-state index contributed by atoms with van der Waals surface area (Å²) in [6.07, 6.45) is 1.87. The number of nitrogens with one attached hydrogen (secondary N) is 1. The average molecular weight is 309 g/mol. The monoisotopic (exact) mass is 309 g/mol. The number of nitrogens with two attached hydrogens (primary N) is 1. The van der Waals surface area contributed by atoms with Gasteiger partial charge in [-0.05, 0) is 6.92 Å². The molecule has 1 aliphatic rings. The highest BCUT2D eigenvalue weighted by Gasteiger charge is 2.19. The maximum Gasteiger partial charge on any atom is 0.242 e. The summed E-state index contributed by atoms with van der Waals surface area (Å²) in [6.45, 7) is 5.18. The van der Waals surface area contributed by atoms with Crippen molar-refractivity contribution in [3.63, 3.8) is 0 Å². The number of thiazole rings is 1. The number of aromatic nitrogens is 4. The van der Waals surface area contributed by atoms with E-state index in [1.807, 2.05) is 13.1 Å². The molecule has 1 saturated heterocycles. The molecule has 0 amide bonds. The van der Waals surface area contributed by atoms with Crippen molar-refractivity contribution in [2.75, 3.05) is 43.6 Å². The third-order valence-electron chi connectivity index (χ3n) is 3.25. The lowest BCUT2D eigenvalue weighted by atomic mass is 10.3. The van der Waals surface area contributed by atoms with Crippen molar-refractivity contribution in [3.05, 3.63) is 12.0 Å². The molecule has 1 aliphatic heterocycles. The number of hydrogen-bond acceptors (Lipinski definition) is 8. The van der Waals surface area contributed by atoms with Crippen LogP contribution >= 0.6 is 11.3 Å². The van der Waals surface area contributed by atoms with E-state index in [1.165, 1.54) is 0 Å². The number of anilines is 2. The maximum absolute atomic E-state index is 5.97. The van der Waals surface area contributed by atoms with E-state index in [-0.39, 0.29) is 6.04 Å². The Hall–Kier alpha value is -1.71. The van der Waals surface area contributed by atoms with Crippen LogP contribution in [0.25, 0.3) is 5.13 Å². The minimum absolute atomic E-state index is 0.213. The molecule has 9 heteroatoms. The minimum Gasteiger partial charge on any atom is -0.378 e. The van der Waals surface area contributed by atoms with E-state index in [1.54, 1.807) is 23.1 Å². The van der Waals surface area contributed by atoms with Gasteiger partial charge >= 0.3 is 0 Å². The van der Waals surface area contributed by atoms with Crippen molar-refractivity contribution in [2.45, 2.75) is 13.0 Å². The Morgan fingerprint density at radius 3 is 2.86 bits per heavy atom. The van der Waals surface area contributed by atoms with Crippen LogP contribution in [-0.4, -0.2) is 53.1 Å². The molecule has 0 radical (unpaired) electrons. The van der Waals surface area contributed by atoms with Crippen molar-refractivity contribution >= 4 is 22.3 Å². The maximum atomic E-state index is 5.97. The second-order valence-corrected chi connectivity index (χ2v) is 5.81. The number of ether oxygens (including phenoxy) is 1. The zero-order valence-electron chi connectivity index (χ0n) is 12.1. The summed E-state index contributed by atoms with van der Waals surface area (Å²) in [5.41, 5.74) is 5.97. The van der Waals surface area contributed by atoms with Gasteiger partial charge in [0.1, 0.15) is 5.00 Å². The fourth-order valence-electron chi connectivity index (χ4n) is 2.15. The highest BCUT2D eigenvalue weighted by atomic mass is 32.1. The van der Waals surface area contributed by atoms with Crippen LogP contribution in [0.3, 0.4) is 0 Å². The average Bonchev–Trinajstić information content (AvgIpc) is 3.14. The normalized spacial score (nSPS) is 17.0. The van der Waals surface area contributed by atoms with Gasteiger partial charge in [-0.25, -0.2) is 4.98 Å². The lowest BCUT2D eigenvalue weighted by Gasteiger charge is -2.26. The van der Waals surface area contributed by atoms with Gasteiger partial charge in [-0.3, -0.25) is 0 Å². The zero-order chi connectivity index (χ0) is 14.8. The predicted octanol–water partition coefficient (Wildman–Crippen LogP) is 0.622. The van der Waals surface area contributed by atoms with Crippen LogP contribution in [0.15, 0.2) is 6.20 Å². The van der Waals surface area contributed by atoms with Crippen LogP contribution in [0, 0.1) is 0 Å². The first kappa shape index (κ1) is 14.2. The minimum atomic E-state index is -0.213. The van der Waals surface area contributed by atoms with Crippen molar-refractivity contribution < 1.29 is 4.74 Å². The molecule has 0 unspecified atom stereocenters. The van der Waals surface area contributed by atoms with E-state index in [2.05, 4.69) is 25.3 Å². The van der Waals surface area contributed by atoms with E-state index in [9.17, 15) is 0 Å². The molecular weight excluding hydrogens is 290 g/mol. The first-order valence-corrected chi connectivity index (χ1v) is 7.70. The molecule has 0 aliphatic carbocycles. The first-order chi connectivity index (χ1) is 10.2. The number of morpholine rings is 1. The van der Waals surface area contributed by atoms with Crippen molar-refractivity contribution in [1.82, 2.24) is 19.7 Å². The summed E-state index contributed by atoms with van der Waals surface area (Å²) in [5, 5.41) is 9.22. The highest BCUT2D eigenvalue weighted by molar-refractivity contribution is 7.18. The second-order valence-electron chi connectivity index (χ2n) is 4.82. The highest BCUT2D eigenvalue weighted by Crippen LogP contribution is 2.28. The quantitative estimate of drug-likeness (QED) is 0.855. The summed E-state index contributed by atoms with van der Waals surface area (Å²) in [4.78, 5) is 11.1. The molecule has 0 bridgehead atoms. The Kier molecular flexibility index (Phi) is 4.04. The summed E-state index contributed by atoms with van der Waals surface area (Å²) in [6, 6.07) is -0.213. The molecule has 3 rings (SSSR count). The van der Waals surface area contributed by atoms with E-state index in [0.29, 0.717) is 11.8 Å². The Morgan fingerprint density at radius 1 is 1.43 bits per heavy atom. The summed E-state index contributed by atoms with van der Waals surface area (Å²) < 4.78 is 7.08. The van der Waals surface area contributed by atoms with Crippen LogP contribution in [0.1, 0.15) is 18.8 Å². The molecule has 0 saturated carbocycles. The van der Waals surface area contributed by atoms with Crippen molar-refractivity contribution in [1.29, 1.82) is 0 Å². The Labute approximate surface area is 126 Å². The van der Waals surface area contributed by atoms with Crippen molar-refractivity contribution in [3.8, 4) is 5.13 Å². The molecule has 3 heterocycles. The second kappa shape index (κ2) is 5.96. The van der Waals surface area contributed by atoms with E-state index < -0.39 is 0 Å². The molecule has 3 N–H and O–H groups in total. The molecule has 1 atom stereocenters. The largest absolute Gasteiger partial charge is 0.378 e. The Balaban J connectivity index is 1.90. The van der Waals surface area contributed by atoms with Gasteiger partial charge in [0, 0.05) is 20.1 Å². The van der Waals surface area contributed by atoms with Crippen molar-refractivity contribution in [2.24, 2.45) is 5.73 Å². The van der Waals surface area contributed by atoms with Gasteiger partial charge in [0.2, 0.25) is 11.1 Å². The van der Waals surface area contributed by atoms with Gasteiger partial charge in [0.05, 0.1) is 25.5 Å². The standard InChI is InChI=1S/C12H19N7OS/c1-8(13)10-16-11(14-2)17-19(10)12-15-7-9(21-12)18-3-5-20-6-4-18/h7-8H,3-6,13H2,1-2H3,(H,14,17)/t8-/m0/s1. The number of hydrogen-bond donors (Lipinski definition) is 2. The van der Waals surface area contributed by atoms with Gasteiger partial charge in [-0.1, -0.05) is 11.3 Å². The summed E-state index contributed by atoms with van der Waals surface area (Å²) in [7, 11) is 1.78. The molecule has 0 spiro atoms.